The van der Waals surface area contributed by atoms with Crippen molar-refractivity contribution < 1.29 is 9.18 Å². The third kappa shape index (κ3) is 1.97. The van der Waals surface area contributed by atoms with Crippen LogP contribution in [0.5, 0.6) is 0 Å². The van der Waals surface area contributed by atoms with Crippen LogP contribution in [0.1, 0.15) is 9.67 Å². The predicted octanol–water partition coefficient (Wildman–Crippen LogP) is 2.88. The summed E-state index contributed by atoms with van der Waals surface area (Å²) in [7, 11) is 1.66. The normalized spacial score (nSPS) is 10.6. The molecule has 0 atom stereocenters. The molecule has 3 nitrogen and oxygen atoms in total. The smallest absolute Gasteiger partial charge is 0.266 e. The summed E-state index contributed by atoms with van der Waals surface area (Å²) in [5, 5.41) is 0.331. The fourth-order valence-corrected chi connectivity index (χ4v) is 2.87. The van der Waals surface area contributed by atoms with Gasteiger partial charge in [0.05, 0.1) is 11.1 Å². The van der Waals surface area contributed by atoms with E-state index in [1.54, 1.807) is 25.3 Å². The molecule has 94 valence electrons. The summed E-state index contributed by atoms with van der Waals surface area (Å²) in [4.78, 5) is 14.0. The summed E-state index contributed by atoms with van der Waals surface area (Å²) < 4.78 is 14.3. The number of nitrogens with zero attached hydrogens (tertiary/aromatic N) is 1. The molecule has 2 aromatic rings. The van der Waals surface area contributed by atoms with Crippen LogP contribution >= 0.6 is 11.3 Å². The Labute approximate surface area is 108 Å². The van der Waals surface area contributed by atoms with Gasteiger partial charge in [0.15, 0.2) is 0 Å². The fraction of sp³-hybridized carbons (Fsp3) is 0.154. The summed E-state index contributed by atoms with van der Waals surface area (Å²) in [6.07, 6.45) is 1.63. The van der Waals surface area contributed by atoms with Crippen molar-refractivity contribution in [3.63, 3.8) is 0 Å². The van der Waals surface area contributed by atoms with Gasteiger partial charge < -0.3 is 10.6 Å². The average molecular weight is 264 g/mol. The van der Waals surface area contributed by atoms with Crippen LogP contribution in [0.15, 0.2) is 30.9 Å². The maximum atomic E-state index is 13.7. The standard InChI is InChI=1S/C13H13FN2OS/c1-3-7-16(2)13(17)12-11(15)10-8(14)5-4-6-9(10)18-12/h3-6H,1,7,15H2,2H3. The number of halogens is 1. The summed E-state index contributed by atoms with van der Waals surface area (Å²) in [5.74, 6) is -0.611. The minimum atomic E-state index is -0.397. The highest BCUT2D eigenvalue weighted by molar-refractivity contribution is 7.21. The summed E-state index contributed by atoms with van der Waals surface area (Å²) >= 11 is 1.21. The van der Waals surface area contributed by atoms with E-state index in [2.05, 4.69) is 6.58 Å². The third-order valence-corrected chi connectivity index (χ3v) is 3.80. The quantitative estimate of drug-likeness (QED) is 0.866. The van der Waals surface area contributed by atoms with E-state index in [0.717, 1.165) is 0 Å². The summed E-state index contributed by atoms with van der Waals surface area (Å²) in [6.45, 7) is 4.00. The Morgan fingerprint density at radius 3 is 2.94 bits per heavy atom. The van der Waals surface area contributed by atoms with Gasteiger partial charge in [-0.15, -0.1) is 17.9 Å². The first-order valence-electron chi connectivity index (χ1n) is 5.39. The Balaban J connectivity index is 2.52. The molecule has 0 spiro atoms. The Bertz CT molecular complexity index is 621. The number of nitrogen functional groups attached to an aromatic ring is 1. The van der Waals surface area contributed by atoms with E-state index < -0.39 is 5.82 Å². The number of amides is 1. The number of hydrogen-bond acceptors (Lipinski definition) is 3. The first kappa shape index (κ1) is 12.6. The van der Waals surface area contributed by atoms with Gasteiger partial charge >= 0.3 is 0 Å². The van der Waals surface area contributed by atoms with Crippen LogP contribution in [-0.2, 0) is 0 Å². The lowest BCUT2D eigenvalue weighted by molar-refractivity contribution is 0.0816. The molecule has 0 radical (unpaired) electrons. The minimum absolute atomic E-state index is 0.215. The van der Waals surface area contributed by atoms with E-state index in [0.29, 0.717) is 21.5 Å². The molecule has 18 heavy (non-hydrogen) atoms. The number of thiophene rings is 1. The molecular formula is C13H13FN2OS. The minimum Gasteiger partial charge on any atom is -0.397 e. The molecule has 0 saturated heterocycles. The molecule has 0 aliphatic heterocycles. The zero-order valence-corrected chi connectivity index (χ0v) is 10.8. The van der Waals surface area contributed by atoms with Gasteiger partial charge in [0.25, 0.3) is 5.91 Å². The molecule has 0 bridgehead atoms. The van der Waals surface area contributed by atoms with Crippen molar-refractivity contribution in [1.82, 2.24) is 4.90 Å². The Morgan fingerprint density at radius 1 is 1.61 bits per heavy atom. The SMILES string of the molecule is C=CCN(C)C(=O)c1sc2cccc(F)c2c1N. The monoisotopic (exact) mass is 264 g/mol. The van der Waals surface area contributed by atoms with E-state index in [-0.39, 0.29) is 11.6 Å². The van der Waals surface area contributed by atoms with Crippen molar-refractivity contribution in [3.05, 3.63) is 41.5 Å². The second-order valence-electron chi connectivity index (χ2n) is 3.93. The number of fused-ring (bicyclic) bond motifs is 1. The van der Waals surface area contributed by atoms with Gasteiger partial charge in [0, 0.05) is 18.3 Å². The van der Waals surface area contributed by atoms with Crippen LogP contribution in [0.2, 0.25) is 0 Å². The molecule has 1 heterocycles. The van der Waals surface area contributed by atoms with Crippen LogP contribution in [0, 0.1) is 5.82 Å². The number of likely N-dealkylation sites (N-methyl/N-ethyl adjacent to an activating group) is 1. The van der Waals surface area contributed by atoms with Crippen molar-refractivity contribution in [1.29, 1.82) is 0 Å². The molecule has 5 heteroatoms. The summed E-state index contributed by atoms with van der Waals surface area (Å²) in [5.41, 5.74) is 6.09. The Morgan fingerprint density at radius 2 is 2.33 bits per heavy atom. The molecule has 1 aromatic heterocycles. The van der Waals surface area contributed by atoms with Gasteiger partial charge in [-0.05, 0) is 12.1 Å². The molecule has 1 aromatic carbocycles. The van der Waals surface area contributed by atoms with Crippen LogP contribution < -0.4 is 5.73 Å². The van der Waals surface area contributed by atoms with Gasteiger partial charge in [0.2, 0.25) is 0 Å². The van der Waals surface area contributed by atoms with Crippen molar-refractivity contribution in [2.24, 2.45) is 0 Å². The zero-order valence-electron chi connectivity index (χ0n) is 9.94. The number of nitrogens with two attached hydrogens (primary N) is 1. The van der Waals surface area contributed by atoms with Crippen molar-refractivity contribution in [2.75, 3.05) is 19.3 Å². The molecule has 0 saturated carbocycles. The third-order valence-electron chi connectivity index (χ3n) is 2.65. The van der Waals surface area contributed by atoms with Crippen molar-refractivity contribution in [3.8, 4) is 0 Å². The molecule has 0 aliphatic rings. The lowest BCUT2D eigenvalue weighted by Crippen LogP contribution is -2.26. The average Bonchev–Trinajstić information content (AvgIpc) is 2.67. The first-order valence-corrected chi connectivity index (χ1v) is 6.20. The van der Waals surface area contributed by atoms with Gasteiger partial charge in [-0.1, -0.05) is 12.1 Å². The highest BCUT2D eigenvalue weighted by Gasteiger charge is 2.20. The number of carbonyl (C=O) groups is 1. The molecule has 2 N–H and O–H groups in total. The van der Waals surface area contributed by atoms with Crippen LogP contribution in [0.3, 0.4) is 0 Å². The Hall–Kier alpha value is -1.88. The second kappa shape index (κ2) is 4.78. The highest BCUT2D eigenvalue weighted by Crippen LogP contribution is 2.35. The van der Waals surface area contributed by atoms with E-state index in [1.165, 1.54) is 22.3 Å². The van der Waals surface area contributed by atoms with E-state index in [9.17, 15) is 9.18 Å². The van der Waals surface area contributed by atoms with Gasteiger partial charge in [-0.25, -0.2) is 4.39 Å². The lowest BCUT2D eigenvalue weighted by atomic mass is 10.2. The van der Waals surface area contributed by atoms with Crippen molar-refractivity contribution >= 4 is 33.0 Å². The highest BCUT2D eigenvalue weighted by atomic mass is 32.1. The van der Waals surface area contributed by atoms with Crippen LogP contribution in [-0.4, -0.2) is 24.4 Å². The number of anilines is 1. The topological polar surface area (TPSA) is 46.3 Å². The zero-order chi connectivity index (χ0) is 13.3. The Kier molecular flexibility index (Phi) is 3.34. The second-order valence-corrected chi connectivity index (χ2v) is 4.98. The fourth-order valence-electron chi connectivity index (χ4n) is 1.74. The predicted molar refractivity (Wildman–Crippen MR) is 73.4 cm³/mol. The molecule has 0 aliphatic carbocycles. The lowest BCUT2D eigenvalue weighted by Gasteiger charge is -2.13. The largest absolute Gasteiger partial charge is 0.397 e. The van der Waals surface area contributed by atoms with Gasteiger partial charge in [-0.2, -0.15) is 0 Å². The molecule has 2 rings (SSSR count). The first-order chi connectivity index (χ1) is 8.56. The molecular weight excluding hydrogens is 251 g/mol. The van der Waals surface area contributed by atoms with Crippen LogP contribution in [0.25, 0.3) is 10.1 Å². The molecule has 0 unspecified atom stereocenters. The maximum Gasteiger partial charge on any atom is 0.266 e. The van der Waals surface area contributed by atoms with Crippen molar-refractivity contribution in [2.45, 2.75) is 0 Å². The van der Waals surface area contributed by atoms with Crippen LogP contribution in [0.4, 0.5) is 10.1 Å². The maximum absolute atomic E-state index is 13.7. The van der Waals surface area contributed by atoms with E-state index in [4.69, 9.17) is 5.73 Å². The van der Waals surface area contributed by atoms with Gasteiger partial charge in [-0.3, -0.25) is 4.79 Å². The summed E-state index contributed by atoms with van der Waals surface area (Å²) in [6, 6.07) is 4.70. The number of rotatable bonds is 3. The number of benzene rings is 1. The van der Waals surface area contributed by atoms with E-state index in [1.807, 2.05) is 0 Å². The van der Waals surface area contributed by atoms with E-state index >= 15 is 0 Å². The molecule has 0 fully saturated rings. The molecule has 1 amide bonds. The van der Waals surface area contributed by atoms with Gasteiger partial charge in [0.1, 0.15) is 10.7 Å². The number of hydrogen-bond donors (Lipinski definition) is 1. The number of carbonyl (C=O) groups excluding carboxylic acids is 1.